The maximum atomic E-state index is 13.2. The predicted molar refractivity (Wildman–Crippen MR) is 198 cm³/mol. The molecule has 1 atom stereocenters. The van der Waals surface area contributed by atoms with Crippen LogP contribution in [-0.2, 0) is 57.0 Å². The zero-order valence-electron chi connectivity index (χ0n) is 31.5. The van der Waals surface area contributed by atoms with E-state index in [2.05, 4.69) is 10.6 Å². The second-order valence-corrected chi connectivity index (χ2v) is 12.6. The van der Waals surface area contributed by atoms with Crippen LogP contribution >= 0.6 is 11.6 Å². The summed E-state index contributed by atoms with van der Waals surface area (Å²) in [6.45, 7) is 8.77. The Hall–Kier alpha value is -3.10. The molecular weight excluding hydrogens is 746 g/mol. The maximum absolute atomic E-state index is 13.2. The molecule has 0 bridgehead atoms. The summed E-state index contributed by atoms with van der Waals surface area (Å²) in [4.78, 5) is 63.5. The van der Waals surface area contributed by atoms with Crippen LogP contribution in [0, 0.1) is 0 Å². The first-order chi connectivity index (χ1) is 26.9. The van der Waals surface area contributed by atoms with Gasteiger partial charge in [-0.15, -0.1) is 11.6 Å². The fraction of sp³-hybridized carbons (Fsp3) is 0.703. The number of anilines is 1. The Labute approximate surface area is 327 Å². The second-order valence-electron chi connectivity index (χ2n) is 12.2. The van der Waals surface area contributed by atoms with Crippen LogP contribution in [0.2, 0.25) is 0 Å². The van der Waals surface area contributed by atoms with Crippen LogP contribution in [0.25, 0.3) is 0 Å². The Kier molecular flexibility index (Phi) is 24.6. The highest BCUT2D eigenvalue weighted by molar-refractivity contribution is 6.26. The highest BCUT2D eigenvalue weighted by Gasteiger charge is 2.45. The number of alkyl halides is 1. The number of rotatable bonds is 34. The molecule has 0 aromatic heterocycles. The first-order valence-electron chi connectivity index (χ1n) is 18.8. The van der Waals surface area contributed by atoms with Gasteiger partial charge in [0.05, 0.1) is 129 Å². The van der Waals surface area contributed by atoms with Gasteiger partial charge in [-0.3, -0.25) is 34.2 Å². The molecule has 0 aliphatic carbocycles. The van der Waals surface area contributed by atoms with Gasteiger partial charge in [-0.25, -0.2) is 0 Å². The molecule has 3 rings (SSSR count). The van der Waals surface area contributed by atoms with Crippen LogP contribution in [0.3, 0.4) is 0 Å². The number of carbonyl (C=O) groups excluding carboxylic acids is 5. The molecule has 0 saturated carbocycles. The molecule has 310 valence electrons. The lowest BCUT2D eigenvalue weighted by Crippen LogP contribution is -2.54. The fourth-order valence-electron chi connectivity index (χ4n) is 5.41. The lowest BCUT2D eigenvalue weighted by atomic mass is 10.0. The number of fused-ring (bicyclic) bond motifs is 1. The average Bonchev–Trinajstić information content (AvgIpc) is 3.43. The molecule has 1 unspecified atom stereocenters. The molecule has 0 spiro atoms. The van der Waals surface area contributed by atoms with Crippen molar-refractivity contribution in [3.63, 3.8) is 0 Å². The lowest BCUT2D eigenvalue weighted by Gasteiger charge is -2.27. The van der Waals surface area contributed by atoms with Crippen molar-refractivity contribution in [2.24, 2.45) is 0 Å². The quantitative estimate of drug-likeness (QED) is 0.0583. The van der Waals surface area contributed by atoms with E-state index in [1.165, 1.54) is 6.07 Å². The summed E-state index contributed by atoms with van der Waals surface area (Å²) in [5.74, 6) is -2.23. The molecule has 2 aliphatic rings. The summed E-state index contributed by atoms with van der Waals surface area (Å²) in [6.07, 6.45) is 2.46. The van der Waals surface area contributed by atoms with E-state index >= 15 is 0 Å². The van der Waals surface area contributed by atoms with Gasteiger partial charge >= 0.3 is 0 Å². The fourth-order valence-corrected chi connectivity index (χ4v) is 5.52. The molecule has 1 aromatic rings. The third-order valence-electron chi connectivity index (χ3n) is 8.13. The van der Waals surface area contributed by atoms with Crippen molar-refractivity contribution < 1.29 is 66.6 Å². The maximum Gasteiger partial charge on any atom is 0.264 e. The minimum atomic E-state index is -1.07. The van der Waals surface area contributed by atoms with Crippen molar-refractivity contribution in [3.05, 3.63) is 29.3 Å². The van der Waals surface area contributed by atoms with Gasteiger partial charge in [0, 0.05) is 25.3 Å². The normalized spacial score (nSPS) is 15.5. The molecule has 2 N–H and O–H groups in total. The van der Waals surface area contributed by atoms with E-state index in [0.717, 1.165) is 17.7 Å². The zero-order valence-corrected chi connectivity index (χ0v) is 32.3. The summed E-state index contributed by atoms with van der Waals surface area (Å²) in [6, 6.07) is 3.53. The number of unbranched alkanes of at least 4 members (excludes halogenated alkanes) is 2. The number of hydrogen-bond donors (Lipinski definition) is 2. The highest BCUT2D eigenvalue weighted by atomic mass is 35.5. The Balaban J connectivity index is 1.04. The molecule has 5 amide bonds. The molecule has 1 aromatic carbocycles. The molecule has 2 heterocycles. The zero-order chi connectivity index (χ0) is 39.4. The van der Waals surface area contributed by atoms with Crippen molar-refractivity contribution in [2.45, 2.75) is 44.6 Å². The van der Waals surface area contributed by atoms with Crippen molar-refractivity contribution in [3.8, 4) is 0 Å². The van der Waals surface area contributed by atoms with Gasteiger partial charge in [-0.1, -0.05) is 12.5 Å². The van der Waals surface area contributed by atoms with E-state index in [-0.39, 0.29) is 42.0 Å². The van der Waals surface area contributed by atoms with E-state index in [0.29, 0.717) is 131 Å². The summed E-state index contributed by atoms with van der Waals surface area (Å²) in [5, 5.41) is 4.90. The number of imide groups is 2. The third kappa shape index (κ3) is 18.6. The lowest BCUT2D eigenvalue weighted by molar-refractivity contribution is -0.136. The molecule has 1 fully saturated rings. The predicted octanol–water partition coefficient (Wildman–Crippen LogP) is 1.97. The number of halogens is 1. The third-order valence-corrected chi connectivity index (χ3v) is 8.29. The van der Waals surface area contributed by atoms with E-state index < -0.39 is 29.7 Å². The van der Waals surface area contributed by atoms with Crippen LogP contribution in [-0.4, -0.2) is 165 Å². The van der Waals surface area contributed by atoms with Gasteiger partial charge in [-0.2, -0.15) is 0 Å². The summed E-state index contributed by atoms with van der Waals surface area (Å²) >= 11 is 5.51. The van der Waals surface area contributed by atoms with Crippen LogP contribution in [0.4, 0.5) is 5.69 Å². The van der Waals surface area contributed by atoms with Gasteiger partial charge in [0.1, 0.15) is 6.04 Å². The Bertz CT molecular complexity index is 1310. The van der Waals surface area contributed by atoms with Gasteiger partial charge < -0.3 is 47.9 Å². The van der Waals surface area contributed by atoms with Crippen LogP contribution in [0.1, 0.15) is 59.2 Å². The Morgan fingerprint density at radius 2 is 1.11 bits per heavy atom. The number of benzene rings is 1. The largest absolute Gasteiger partial charge is 0.379 e. The van der Waals surface area contributed by atoms with E-state index in [1.807, 2.05) is 0 Å². The number of carbonyl (C=O) groups is 5. The van der Waals surface area contributed by atoms with Crippen molar-refractivity contribution in [1.82, 2.24) is 10.2 Å². The Morgan fingerprint density at radius 3 is 1.58 bits per heavy atom. The summed E-state index contributed by atoms with van der Waals surface area (Å²) in [7, 11) is 0. The van der Waals surface area contributed by atoms with E-state index in [4.69, 9.17) is 54.2 Å². The molecule has 0 radical (unpaired) electrons. The number of piperidine rings is 1. The van der Waals surface area contributed by atoms with Crippen molar-refractivity contribution in [2.75, 3.05) is 130 Å². The first kappa shape index (κ1) is 46.3. The summed E-state index contributed by atoms with van der Waals surface area (Å²) in [5.41, 5.74) is 0.383. The highest BCUT2D eigenvalue weighted by Crippen LogP contribution is 2.32. The number of nitrogens with zero attached hydrogens (tertiary/aromatic N) is 1. The SMILES string of the molecule is O=C1CCC(N2C(=O)c3cccc(NC(=O)CCCCCOCCOCCOCCOCCOCCOCCOCCOCCOCCCl)c3C2=O)C(=O)N1. The number of hydrogen-bond acceptors (Lipinski definition) is 14. The van der Waals surface area contributed by atoms with Gasteiger partial charge in [-0.05, 0) is 31.4 Å². The van der Waals surface area contributed by atoms with Gasteiger partial charge in [0.2, 0.25) is 17.7 Å². The monoisotopic (exact) mass is 801 g/mol. The molecule has 2 aliphatic heterocycles. The number of amides is 5. The standard InChI is InChI=1S/C37H56ClN3O14/c38-10-12-48-14-16-50-18-20-52-22-24-54-26-28-55-27-25-53-23-21-51-19-17-49-15-13-47-11-3-1-2-7-32(42)39-30-6-4-5-29-34(30)37(46)41(36(29)45)31-8-9-33(43)40-35(31)44/h4-6,31H,1-3,7-28H2,(H,39,42)(H,40,43,44). The molecular formula is C37H56ClN3O14. The average molecular weight is 802 g/mol. The summed E-state index contributed by atoms with van der Waals surface area (Å²) < 4.78 is 49.0. The van der Waals surface area contributed by atoms with Crippen LogP contribution < -0.4 is 10.6 Å². The topological polar surface area (TPSA) is 196 Å². The van der Waals surface area contributed by atoms with Gasteiger partial charge in [0.25, 0.3) is 11.8 Å². The van der Waals surface area contributed by atoms with E-state index in [1.54, 1.807) is 12.1 Å². The molecule has 1 saturated heterocycles. The van der Waals surface area contributed by atoms with Crippen molar-refractivity contribution >= 4 is 46.8 Å². The molecule has 55 heavy (non-hydrogen) atoms. The van der Waals surface area contributed by atoms with E-state index in [9.17, 15) is 24.0 Å². The van der Waals surface area contributed by atoms with Crippen LogP contribution in [0.5, 0.6) is 0 Å². The minimum Gasteiger partial charge on any atom is -0.379 e. The minimum absolute atomic E-state index is 0.0287. The Morgan fingerprint density at radius 1 is 0.636 bits per heavy atom. The second kappa shape index (κ2) is 29.2. The number of ether oxygens (including phenoxy) is 9. The van der Waals surface area contributed by atoms with Crippen molar-refractivity contribution in [1.29, 1.82) is 0 Å². The smallest absolute Gasteiger partial charge is 0.264 e. The van der Waals surface area contributed by atoms with Crippen LogP contribution in [0.15, 0.2) is 18.2 Å². The molecule has 18 heteroatoms. The van der Waals surface area contributed by atoms with Gasteiger partial charge in [0.15, 0.2) is 0 Å². The first-order valence-corrected chi connectivity index (χ1v) is 19.4. The number of nitrogens with one attached hydrogen (secondary N) is 2. The molecule has 17 nitrogen and oxygen atoms in total.